The van der Waals surface area contributed by atoms with Crippen LogP contribution in [0.25, 0.3) is 17.2 Å². The molecule has 1 saturated heterocycles. The molecule has 0 radical (unpaired) electrons. The molecule has 0 saturated carbocycles. The molecule has 0 aliphatic carbocycles. The van der Waals surface area contributed by atoms with Crippen molar-refractivity contribution in [3.8, 4) is 11.1 Å². The lowest BCUT2D eigenvalue weighted by molar-refractivity contribution is -0.145. The van der Waals surface area contributed by atoms with Crippen LogP contribution >= 0.6 is 0 Å². The van der Waals surface area contributed by atoms with Gasteiger partial charge in [-0.3, -0.25) is 4.90 Å². The predicted octanol–water partition coefficient (Wildman–Crippen LogP) is 4.91. The first-order valence-corrected chi connectivity index (χ1v) is 14.8. The van der Waals surface area contributed by atoms with E-state index in [1.165, 1.54) is 12.0 Å². The summed E-state index contributed by atoms with van der Waals surface area (Å²) in [6.07, 6.45) is 1.22. The quantitative estimate of drug-likeness (QED) is 0.463. The van der Waals surface area contributed by atoms with Crippen LogP contribution in [0.3, 0.4) is 0 Å². The summed E-state index contributed by atoms with van der Waals surface area (Å²) in [6.45, 7) is 10.7. The molecule has 1 aliphatic heterocycles. The number of carbonyl (C=O) groups is 2. The Morgan fingerprint density at radius 2 is 1.85 bits per heavy atom. The van der Waals surface area contributed by atoms with Gasteiger partial charge in [0.25, 0.3) is 0 Å². The molecule has 6 nitrogen and oxygen atoms in total. The molecule has 1 N–H and O–H groups in total. The molecule has 2 aromatic rings. The van der Waals surface area contributed by atoms with Crippen LogP contribution < -0.4 is 0 Å². The Bertz CT molecular complexity index is 1030. The first kappa shape index (κ1) is 24.7. The Morgan fingerprint density at radius 1 is 1.18 bits per heavy atom. The summed E-state index contributed by atoms with van der Waals surface area (Å²) in [5.41, 5.74) is 2.15. The number of amides is 1. The second-order valence-electron chi connectivity index (χ2n) is 9.74. The van der Waals surface area contributed by atoms with Crippen LogP contribution in [-0.2, 0) is 19.9 Å². The van der Waals surface area contributed by atoms with Gasteiger partial charge in [-0.1, -0.05) is 68.7 Å². The van der Waals surface area contributed by atoms with Crippen molar-refractivity contribution in [2.45, 2.75) is 43.7 Å². The van der Waals surface area contributed by atoms with Gasteiger partial charge in [0, 0.05) is 14.5 Å². The van der Waals surface area contributed by atoms with E-state index in [1.807, 2.05) is 48.5 Å². The maximum absolute atomic E-state index is 12.8. The fraction of sp³-hybridized carbons (Fsp3) is 0.385. The van der Waals surface area contributed by atoms with Crippen LogP contribution in [-0.4, -0.2) is 56.4 Å². The maximum Gasteiger partial charge on any atom is 0.410 e. The number of β-amino-alcohol motifs (C(OH)–C–C–N with tert-alkyl or cyclic N) is 1. The largest absolute Gasteiger partial charge is 0.467 e. The Balaban J connectivity index is 1.86. The highest BCUT2D eigenvalue weighted by Crippen LogP contribution is 2.38. The Morgan fingerprint density at radius 3 is 2.48 bits per heavy atom. The fourth-order valence-electron chi connectivity index (χ4n) is 3.99. The van der Waals surface area contributed by atoms with Gasteiger partial charge in [0.1, 0.15) is 11.6 Å². The molecule has 176 valence electrons. The van der Waals surface area contributed by atoms with Crippen LogP contribution in [0, 0.1) is 0 Å². The Labute approximate surface area is 196 Å². The molecule has 2 unspecified atom stereocenters. The highest BCUT2D eigenvalue weighted by Gasteiger charge is 2.50. The normalized spacial score (nSPS) is 20.4. The highest BCUT2D eigenvalue weighted by atomic mass is 28.3. The lowest BCUT2D eigenvalue weighted by Crippen LogP contribution is -2.42. The van der Waals surface area contributed by atoms with Crippen LogP contribution in [0.5, 0.6) is 0 Å². The number of methoxy groups -OCH3 is 1. The number of benzene rings is 2. The summed E-state index contributed by atoms with van der Waals surface area (Å²) >= 11 is 0. The monoisotopic (exact) mass is 467 g/mol. The number of carbonyl (C=O) groups excluding carboxylic acids is 2. The zero-order valence-corrected chi connectivity index (χ0v) is 20.8. The third-order valence-corrected chi connectivity index (χ3v) is 7.68. The minimum Gasteiger partial charge on any atom is -0.467 e. The summed E-state index contributed by atoms with van der Waals surface area (Å²) in [6, 6.07) is 15.4. The van der Waals surface area contributed by atoms with Gasteiger partial charge in [-0.15, -0.1) is 0 Å². The highest BCUT2D eigenvalue weighted by molar-refractivity contribution is 6.76. The van der Waals surface area contributed by atoms with Crippen LogP contribution in [0.15, 0.2) is 55.1 Å². The second-order valence-corrected chi connectivity index (χ2v) is 15.4. The van der Waals surface area contributed by atoms with Crippen molar-refractivity contribution in [1.29, 1.82) is 0 Å². The number of esters is 1. The van der Waals surface area contributed by atoms with Gasteiger partial charge in [0.15, 0.2) is 0 Å². The van der Waals surface area contributed by atoms with E-state index in [4.69, 9.17) is 9.47 Å². The lowest BCUT2D eigenvalue weighted by Gasteiger charge is -2.25. The summed E-state index contributed by atoms with van der Waals surface area (Å²) in [4.78, 5) is 26.6. The van der Waals surface area contributed by atoms with Gasteiger partial charge < -0.3 is 14.6 Å². The number of rotatable bonds is 7. The minimum atomic E-state index is -1.40. The van der Waals surface area contributed by atoms with Gasteiger partial charge >= 0.3 is 12.1 Å². The molecule has 1 aliphatic rings. The van der Waals surface area contributed by atoms with E-state index < -0.39 is 31.8 Å². The molecule has 3 rings (SSSR count). The third-order valence-electron chi connectivity index (χ3n) is 5.98. The maximum atomic E-state index is 12.8. The first-order chi connectivity index (χ1) is 15.6. The SMILES string of the molecule is C=Cc1cccc(-c2cccc(C3(O)CC(C(=O)OC)N(C(=O)OCC[Si](C)(C)C)C3)c2)c1. The van der Waals surface area contributed by atoms with E-state index in [9.17, 15) is 14.7 Å². The molecule has 33 heavy (non-hydrogen) atoms. The topological polar surface area (TPSA) is 76.1 Å². The Kier molecular flexibility index (Phi) is 7.44. The lowest BCUT2D eigenvalue weighted by atomic mass is 9.89. The second kappa shape index (κ2) is 9.93. The number of hydrogen-bond acceptors (Lipinski definition) is 5. The van der Waals surface area contributed by atoms with Crippen molar-refractivity contribution in [3.05, 3.63) is 66.2 Å². The summed E-state index contributed by atoms with van der Waals surface area (Å²) in [7, 11) is -0.0993. The van der Waals surface area contributed by atoms with Crippen molar-refractivity contribution in [3.63, 3.8) is 0 Å². The van der Waals surface area contributed by atoms with E-state index in [-0.39, 0.29) is 13.0 Å². The number of nitrogens with zero attached hydrogens (tertiary/aromatic N) is 1. The van der Waals surface area contributed by atoms with E-state index in [0.29, 0.717) is 12.2 Å². The molecule has 7 heteroatoms. The predicted molar refractivity (Wildman–Crippen MR) is 132 cm³/mol. The van der Waals surface area contributed by atoms with Crippen LogP contribution in [0.4, 0.5) is 4.79 Å². The number of hydrogen-bond donors (Lipinski definition) is 1. The van der Waals surface area contributed by atoms with Crippen LogP contribution in [0.2, 0.25) is 25.7 Å². The van der Waals surface area contributed by atoms with Gasteiger partial charge in [0.05, 0.1) is 20.3 Å². The molecular formula is C26H33NO5Si. The molecule has 0 aromatic heterocycles. The van der Waals surface area contributed by atoms with Crippen molar-refractivity contribution >= 4 is 26.2 Å². The van der Waals surface area contributed by atoms with Gasteiger partial charge in [-0.05, 0) is 40.4 Å². The molecule has 2 atom stereocenters. The molecule has 1 fully saturated rings. The molecular weight excluding hydrogens is 434 g/mol. The summed E-state index contributed by atoms with van der Waals surface area (Å²) < 4.78 is 10.4. The van der Waals surface area contributed by atoms with Crippen molar-refractivity contribution in [2.75, 3.05) is 20.3 Å². The molecule has 0 spiro atoms. The zero-order chi connectivity index (χ0) is 24.2. The van der Waals surface area contributed by atoms with E-state index in [0.717, 1.165) is 22.7 Å². The van der Waals surface area contributed by atoms with E-state index >= 15 is 0 Å². The van der Waals surface area contributed by atoms with Gasteiger partial charge in [-0.2, -0.15) is 0 Å². The minimum absolute atomic E-state index is 0.0406. The average Bonchev–Trinajstić information content (AvgIpc) is 3.17. The fourth-order valence-corrected chi connectivity index (χ4v) is 4.71. The molecule has 1 heterocycles. The first-order valence-electron chi connectivity index (χ1n) is 11.1. The van der Waals surface area contributed by atoms with Gasteiger partial charge in [-0.25, -0.2) is 9.59 Å². The third kappa shape index (κ3) is 5.92. The summed E-state index contributed by atoms with van der Waals surface area (Å²) in [5, 5.41) is 11.6. The standard InChI is InChI=1S/C26H33NO5Si/c1-6-19-9-7-10-20(15-19)21-11-8-12-22(16-21)26(30)17-23(24(28)31-2)27(18-26)25(29)32-13-14-33(3,4)5/h6-12,15-16,23,30H,1,13-14,17-18H2,2-5H3. The van der Waals surface area contributed by atoms with E-state index in [1.54, 1.807) is 6.08 Å². The number of ether oxygens (including phenoxy) is 2. The zero-order valence-electron chi connectivity index (χ0n) is 19.8. The number of aliphatic hydroxyl groups is 1. The summed E-state index contributed by atoms with van der Waals surface area (Å²) in [5.74, 6) is -0.567. The number of likely N-dealkylation sites (tertiary alicyclic amines) is 1. The average molecular weight is 468 g/mol. The van der Waals surface area contributed by atoms with Crippen molar-refractivity contribution in [1.82, 2.24) is 4.90 Å². The van der Waals surface area contributed by atoms with Crippen molar-refractivity contribution in [2.24, 2.45) is 0 Å². The van der Waals surface area contributed by atoms with E-state index in [2.05, 4.69) is 26.2 Å². The smallest absolute Gasteiger partial charge is 0.410 e. The Hall–Kier alpha value is -2.90. The van der Waals surface area contributed by atoms with Gasteiger partial charge in [0.2, 0.25) is 0 Å². The molecule has 2 aromatic carbocycles. The molecule has 0 bridgehead atoms. The van der Waals surface area contributed by atoms with Crippen molar-refractivity contribution < 1.29 is 24.2 Å². The van der Waals surface area contributed by atoms with Crippen LogP contribution in [0.1, 0.15) is 17.5 Å². The molecule has 1 amide bonds.